The van der Waals surface area contributed by atoms with Gasteiger partial charge in [-0.25, -0.2) is 0 Å². The minimum Gasteiger partial charge on any atom is -0.508 e. The summed E-state index contributed by atoms with van der Waals surface area (Å²) in [5.41, 5.74) is 2.04. The van der Waals surface area contributed by atoms with E-state index in [9.17, 15) is 20.4 Å². The molecular formula is C20H16N2NiO4+2. The monoisotopic (exact) mass is 406 g/mol. The summed E-state index contributed by atoms with van der Waals surface area (Å²) in [7, 11) is 0. The Bertz CT molecular complexity index is 923. The molecule has 0 heterocycles. The first-order chi connectivity index (χ1) is 12.5. The van der Waals surface area contributed by atoms with Crippen LogP contribution >= 0.6 is 0 Å². The minimum absolute atomic E-state index is 0. The van der Waals surface area contributed by atoms with E-state index in [0.29, 0.717) is 22.5 Å². The van der Waals surface area contributed by atoms with Gasteiger partial charge in [0.2, 0.25) is 0 Å². The van der Waals surface area contributed by atoms with Gasteiger partial charge in [0.05, 0.1) is 11.4 Å². The maximum Gasteiger partial charge on any atom is 2.00 e. The number of aromatic hydroxyl groups is 4. The number of nitrogens with zero attached hydrogens (tertiary/aromatic N) is 2. The van der Waals surface area contributed by atoms with Gasteiger partial charge in [-0.15, -0.1) is 0 Å². The van der Waals surface area contributed by atoms with E-state index in [1.165, 1.54) is 36.7 Å². The van der Waals surface area contributed by atoms with Crippen LogP contribution in [0.5, 0.6) is 23.0 Å². The van der Waals surface area contributed by atoms with Crippen LogP contribution in [0.2, 0.25) is 0 Å². The quantitative estimate of drug-likeness (QED) is 0.388. The third-order valence-electron chi connectivity index (χ3n) is 3.60. The standard InChI is InChI=1S/C20H16N2O4.Ni/c23-15-7-5-13(19(25)9-15)11-21-17-3-1-2-4-18(17)22-12-14-6-8-16(24)10-20(14)26;/h1-12,23-26H;/q;+2. The maximum absolute atomic E-state index is 9.81. The van der Waals surface area contributed by atoms with Crippen molar-refractivity contribution in [2.24, 2.45) is 9.98 Å². The molecule has 0 aliphatic rings. The second kappa shape index (κ2) is 8.87. The molecule has 0 radical (unpaired) electrons. The Hall–Kier alpha value is -3.31. The van der Waals surface area contributed by atoms with Gasteiger partial charge < -0.3 is 20.4 Å². The first-order valence-corrected chi connectivity index (χ1v) is 7.74. The molecule has 0 spiro atoms. The Morgan fingerprint density at radius 3 is 1.37 bits per heavy atom. The molecule has 0 unspecified atom stereocenters. The van der Waals surface area contributed by atoms with Gasteiger partial charge in [0.15, 0.2) is 0 Å². The van der Waals surface area contributed by atoms with E-state index in [0.717, 1.165) is 0 Å². The summed E-state index contributed by atoms with van der Waals surface area (Å²) < 4.78 is 0. The molecule has 3 rings (SSSR count). The molecular weight excluding hydrogens is 391 g/mol. The molecule has 6 nitrogen and oxygen atoms in total. The third kappa shape index (κ3) is 5.09. The Morgan fingerprint density at radius 2 is 1.00 bits per heavy atom. The van der Waals surface area contributed by atoms with Gasteiger partial charge in [-0.2, -0.15) is 0 Å². The van der Waals surface area contributed by atoms with Crippen LogP contribution in [0.1, 0.15) is 11.1 Å². The van der Waals surface area contributed by atoms with E-state index in [4.69, 9.17) is 0 Å². The summed E-state index contributed by atoms with van der Waals surface area (Å²) in [6.07, 6.45) is 2.95. The van der Waals surface area contributed by atoms with Crippen LogP contribution in [-0.2, 0) is 16.5 Å². The number of para-hydroxylation sites is 2. The maximum atomic E-state index is 9.81. The first kappa shape index (κ1) is 20.0. The second-order valence-corrected chi connectivity index (χ2v) is 5.49. The zero-order valence-corrected chi connectivity index (χ0v) is 14.9. The SMILES string of the molecule is Oc1ccc(C=Nc2ccccc2N=Cc2ccc(O)cc2O)c(O)c1.[Ni+2]. The summed E-state index contributed by atoms with van der Waals surface area (Å²) in [5.74, 6) is -0.218. The van der Waals surface area contributed by atoms with Crippen molar-refractivity contribution in [2.75, 3.05) is 0 Å². The molecule has 4 N–H and O–H groups in total. The van der Waals surface area contributed by atoms with Gasteiger partial charge in [0.1, 0.15) is 23.0 Å². The van der Waals surface area contributed by atoms with E-state index >= 15 is 0 Å². The Kier molecular flexibility index (Phi) is 6.58. The van der Waals surface area contributed by atoms with Crippen LogP contribution in [0.3, 0.4) is 0 Å². The normalized spacial score (nSPS) is 11.0. The van der Waals surface area contributed by atoms with Crippen molar-refractivity contribution in [1.29, 1.82) is 0 Å². The van der Waals surface area contributed by atoms with Gasteiger partial charge in [-0.05, 0) is 36.4 Å². The number of phenols is 4. The van der Waals surface area contributed by atoms with E-state index in [1.807, 2.05) is 0 Å². The van der Waals surface area contributed by atoms with Crippen molar-refractivity contribution in [3.63, 3.8) is 0 Å². The third-order valence-corrected chi connectivity index (χ3v) is 3.60. The Morgan fingerprint density at radius 1 is 0.593 bits per heavy atom. The smallest absolute Gasteiger partial charge is 0.508 e. The van der Waals surface area contributed by atoms with Crippen LogP contribution in [-0.4, -0.2) is 32.9 Å². The van der Waals surface area contributed by atoms with Crippen molar-refractivity contribution < 1.29 is 36.9 Å². The predicted molar refractivity (Wildman–Crippen MR) is 100 cm³/mol. The second-order valence-electron chi connectivity index (χ2n) is 5.49. The fraction of sp³-hybridized carbons (Fsp3) is 0. The van der Waals surface area contributed by atoms with Crippen molar-refractivity contribution in [1.82, 2.24) is 0 Å². The number of hydrogen-bond donors (Lipinski definition) is 4. The van der Waals surface area contributed by atoms with Crippen molar-refractivity contribution in [3.05, 3.63) is 71.8 Å². The number of rotatable bonds is 4. The average Bonchev–Trinajstić information content (AvgIpc) is 2.61. The molecule has 3 aromatic carbocycles. The molecule has 0 saturated heterocycles. The minimum atomic E-state index is -0.0799. The summed E-state index contributed by atoms with van der Waals surface area (Å²) in [5, 5.41) is 38.3. The number of aliphatic imine (C=N–C) groups is 2. The van der Waals surface area contributed by atoms with Gasteiger partial charge in [0.25, 0.3) is 0 Å². The molecule has 0 fully saturated rings. The molecule has 138 valence electrons. The Balaban J connectivity index is 0.00000261. The van der Waals surface area contributed by atoms with Gasteiger partial charge in [-0.1, -0.05) is 12.1 Å². The van der Waals surface area contributed by atoms with E-state index < -0.39 is 0 Å². The van der Waals surface area contributed by atoms with Gasteiger partial charge in [0, 0.05) is 35.7 Å². The topological polar surface area (TPSA) is 106 Å². The van der Waals surface area contributed by atoms with Crippen molar-refractivity contribution in [2.45, 2.75) is 0 Å². The van der Waals surface area contributed by atoms with E-state index in [1.54, 1.807) is 36.4 Å². The van der Waals surface area contributed by atoms with Crippen LogP contribution in [0, 0.1) is 0 Å². The number of phenolic OH excluding ortho intramolecular Hbond substituents is 4. The zero-order chi connectivity index (χ0) is 18.5. The Labute approximate surface area is 165 Å². The van der Waals surface area contributed by atoms with Gasteiger partial charge in [-0.3, -0.25) is 9.98 Å². The van der Waals surface area contributed by atoms with E-state index in [-0.39, 0.29) is 39.5 Å². The van der Waals surface area contributed by atoms with Crippen LogP contribution in [0.4, 0.5) is 11.4 Å². The molecule has 0 amide bonds. The molecule has 0 aliphatic heterocycles. The molecule has 0 aliphatic carbocycles. The molecule has 0 saturated carbocycles. The summed E-state index contributed by atoms with van der Waals surface area (Å²) in [4.78, 5) is 8.67. The molecule has 0 bridgehead atoms. The van der Waals surface area contributed by atoms with Crippen LogP contribution in [0.25, 0.3) is 0 Å². The molecule has 3 aromatic rings. The summed E-state index contributed by atoms with van der Waals surface area (Å²) in [6.45, 7) is 0. The van der Waals surface area contributed by atoms with E-state index in [2.05, 4.69) is 9.98 Å². The van der Waals surface area contributed by atoms with Crippen LogP contribution < -0.4 is 0 Å². The van der Waals surface area contributed by atoms with Gasteiger partial charge >= 0.3 is 16.5 Å². The summed E-state index contributed by atoms with van der Waals surface area (Å²) in [6, 6.07) is 15.6. The molecule has 0 aromatic heterocycles. The molecule has 27 heavy (non-hydrogen) atoms. The number of benzene rings is 3. The fourth-order valence-electron chi connectivity index (χ4n) is 2.24. The zero-order valence-electron chi connectivity index (χ0n) is 13.9. The fourth-order valence-corrected chi connectivity index (χ4v) is 2.24. The number of hydrogen-bond acceptors (Lipinski definition) is 6. The first-order valence-electron chi connectivity index (χ1n) is 7.74. The van der Waals surface area contributed by atoms with Crippen LogP contribution in [0.15, 0.2) is 70.6 Å². The van der Waals surface area contributed by atoms with Crippen molar-refractivity contribution in [3.8, 4) is 23.0 Å². The largest absolute Gasteiger partial charge is 2.00 e. The predicted octanol–water partition coefficient (Wildman–Crippen LogP) is 4.01. The van der Waals surface area contributed by atoms with Crippen molar-refractivity contribution >= 4 is 23.8 Å². The average molecular weight is 407 g/mol. The molecule has 7 heteroatoms. The summed E-state index contributed by atoms with van der Waals surface area (Å²) >= 11 is 0. The molecule has 0 atom stereocenters.